The number of hydrogen-bond donors (Lipinski definition) is 5. The number of benzene rings is 1. The Kier molecular flexibility index (Phi) is 4.38. The van der Waals surface area contributed by atoms with Crippen molar-refractivity contribution in [2.75, 3.05) is 11.9 Å². The van der Waals surface area contributed by atoms with Crippen molar-refractivity contribution in [3.63, 3.8) is 0 Å². The first-order valence-electron chi connectivity index (χ1n) is 8.03. The van der Waals surface area contributed by atoms with Gasteiger partial charge in [-0.3, -0.25) is 4.99 Å². The minimum atomic E-state index is -1.43. The summed E-state index contributed by atoms with van der Waals surface area (Å²) in [5, 5.41) is 35.0. The van der Waals surface area contributed by atoms with Gasteiger partial charge in [-0.2, -0.15) is 0 Å². The van der Waals surface area contributed by atoms with Crippen molar-refractivity contribution in [1.82, 2.24) is 5.32 Å². The van der Waals surface area contributed by atoms with Crippen molar-refractivity contribution in [1.29, 1.82) is 0 Å². The lowest BCUT2D eigenvalue weighted by molar-refractivity contribution is 0.413. The first-order chi connectivity index (χ1) is 11.4. The number of amidine groups is 1. The van der Waals surface area contributed by atoms with E-state index in [9.17, 15) is 15.2 Å². The van der Waals surface area contributed by atoms with Crippen LogP contribution in [0.5, 0.6) is 5.75 Å². The molecule has 1 heterocycles. The van der Waals surface area contributed by atoms with Gasteiger partial charge in [-0.1, -0.05) is 31.2 Å². The molecule has 2 unspecified atom stereocenters. The fourth-order valence-corrected chi connectivity index (χ4v) is 2.91. The normalized spacial score (nSPS) is 27.1. The summed E-state index contributed by atoms with van der Waals surface area (Å²) < 4.78 is 0. The van der Waals surface area contributed by atoms with Gasteiger partial charge in [0, 0.05) is 11.0 Å². The monoisotopic (exact) mass is 327 g/mol. The first kappa shape index (κ1) is 16.6. The van der Waals surface area contributed by atoms with Gasteiger partial charge in [-0.25, -0.2) is 0 Å². The van der Waals surface area contributed by atoms with Gasteiger partial charge >= 0.3 is 7.12 Å². The van der Waals surface area contributed by atoms with Crippen molar-refractivity contribution in [3.8, 4) is 5.75 Å². The fraction of sp³-hybridized carbons (Fsp3) is 0.353. The zero-order valence-corrected chi connectivity index (χ0v) is 13.8. The second-order valence-corrected chi connectivity index (χ2v) is 6.64. The van der Waals surface area contributed by atoms with Crippen LogP contribution in [0.15, 0.2) is 46.9 Å². The van der Waals surface area contributed by atoms with Crippen molar-refractivity contribution in [2.45, 2.75) is 26.4 Å². The molecular formula is C17H22BN3O3. The first-order valence-corrected chi connectivity index (χ1v) is 8.03. The summed E-state index contributed by atoms with van der Waals surface area (Å²) in [5.41, 5.74) is 1.87. The number of hydrogen-bond acceptors (Lipinski definition) is 5. The molecule has 3 rings (SSSR count). The van der Waals surface area contributed by atoms with Gasteiger partial charge < -0.3 is 25.8 Å². The molecule has 0 aromatic heterocycles. The van der Waals surface area contributed by atoms with Crippen LogP contribution in [0.1, 0.15) is 25.8 Å². The lowest BCUT2D eigenvalue weighted by Gasteiger charge is -2.30. The molecule has 0 fully saturated rings. The van der Waals surface area contributed by atoms with Crippen LogP contribution in [0.2, 0.25) is 0 Å². The van der Waals surface area contributed by atoms with Crippen LogP contribution in [0.3, 0.4) is 0 Å². The fourth-order valence-electron chi connectivity index (χ4n) is 2.91. The Bertz CT molecular complexity index is 730. The second kappa shape index (κ2) is 6.34. The summed E-state index contributed by atoms with van der Waals surface area (Å²) in [6.07, 6.45) is 6.21. The average molecular weight is 327 g/mol. The number of phenols is 1. The van der Waals surface area contributed by atoms with Gasteiger partial charge in [0.1, 0.15) is 11.6 Å². The lowest BCUT2D eigenvalue weighted by atomic mass is 9.71. The van der Waals surface area contributed by atoms with Gasteiger partial charge in [-0.05, 0) is 30.9 Å². The molecule has 1 aliphatic heterocycles. The van der Waals surface area contributed by atoms with Crippen LogP contribution in [0.25, 0.3) is 0 Å². The number of allylic oxidation sites excluding steroid dienone is 3. The lowest BCUT2D eigenvalue weighted by Crippen LogP contribution is -2.43. The second-order valence-electron chi connectivity index (χ2n) is 6.64. The predicted molar refractivity (Wildman–Crippen MR) is 95.9 cm³/mol. The van der Waals surface area contributed by atoms with Gasteiger partial charge in [0.25, 0.3) is 0 Å². The largest absolute Gasteiger partial charge is 0.506 e. The summed E-state index contributed by atoms with van der Waals surface area (Å²) in [6, 6.07) is 5.36. The van der Waals surface area contributed by atoms with E-state index in [2.05, 4.69) is 17.6 Å². The number of nitrogens with one attached hydrogen (secondary N) is 2. The number of para-hydroxylation sites is 1. The average Bonchev–Trinajstić information content (AvgIpc) is 2.54. The molecular weight excluding hydrogens is 305 g/mol. The quantitative estimate of drug-likeness (QED) is 0.427. The van der Waals surface area contributed by atoms with Gasteiger partial charge in [0.05, 0.1) is 18.4 Å². The van der Waals surface area contributed by atoms with Crippen molar-refractivity contribution >= 4 is 18.6 Å². The van der Waals surface area contributed by atoms with Gasteiger partial charge in [-0.15, -0.1) is 0 Å². The number of anilines is 1. The smallest absolute Gasteiger partial charge is 0.488 e. The molecule has 2 atom stereocenters. The third kappa shape index (κ3) is 3.32. The minimum Gasteiger partial charge on any atom is -0.506 e. The number of aromatic hydroxyl groups is 1. The third-order valence-corrected chi connectivity index (χ3v) is 4.39. The van der Waals surface area contributed by atoms with E-state index in [-0.39, 0.29) is 17.3 Å². The van der Waals surface area contributed by atoms with Crippen LogP contribution in [-0.2, 0) is 0 Å². The zero-order valence-electron chi connectivity index (χ0n) is 13.8. The van der Waals surface area contributed by atoms with E-state index < -0.39 is 7.12 Å². The van der Waals surface area contributed by atoms with E-state index in [4.69, 9.17) is 4.99 Å². The molecule has 1 aliphatic carbocycles. The summed E-state index contributed by atoms with van der Waals surface area (Å²) >= 11 is 0. The number of phenolic OH excluding ortho intramolecular Hbond substituents is 1. The molecule has 0 amide bonds. The Balaban J connectivity index is 1.81. The third-order valence-electron chi connectivity index (χ3n) is 4.39. The molecule has 24 heavy (non-hydrogen) atoms. The molecule has 5 N–H and O–H groups in total. The number of rotatable bonds is 3. The Morgan fingerprint density at radius 2 is 2.12 bits per heavy atom. The topological polar surface area (TPSA) is 97.1 Å². The van der Waals surface area contributed by atoms with Crippen LogP contribution in [0.4, 0.5) is 5.69 Å². The zero-order chi connectivity index (χ0) is 17.3. The SMILES string of the molecule is CC1NC(=NCC2(C)C=CC(B(O)O)=CC2)c2cccc(O)c2N1. The highest BCUT2D eigenvalue weighted by atomic mass is 16.4. The van der Waals surface area contributed by atoms with Gasteiger partial charge in [0.2, 0.25) is 0 Å². The Morgan fingerprint density at radius 3 is 2.79 bits per heavy atom. The molecule has 1 aromatic carbocycles. The summed E-state index contributed by atoms with van der Waals surface area (Å²) in [7, 11) is -1.43. The Morgan fingerprint density at radius 1 is 1.33 bits per heavy atom. The van der Waals surface area contributed by atoms with Crippen molar-refractivity contribution in [2.24, 2.45) is 10.4 Å². The van der Waals surface area contributed by atoms with Crippen LogP contribution < -0.4 is 10.6 Å². The van der Waals surface area contributed by atoms with E-state index in [0.29, 0.717) is 24.1 Å². The van der Waals surface area contributed by atoms with E-state index in [1.807, 2.05) is 25.1 Å². The van der Waals surface area contributed by atoms with E-state index in [0.717, 1.165) is 11.4 Å². The molecule has 6 nitrogen and oxygen atoms in total. The molecule has 0 spiro atoms. The summed E-state index contributed by atoms with van der Waals surface area (Å²) in [6.45, 7) is 4.60. The number of aliphatic imine (C=N–C) groups is 1. The molecule has 0 saturated carbocycles. The predicted octanol–water partition coefficient (Wildman–Crippen LogP) is 1.40. The maximum absolute atomic E-state index is 10.0. The standard InChI is InChI=1S/C17H22BN3O3/c1-11-20-15-13(4-3-5-14(15)22)16(21-11)19-10-17(2)8-6-12(7-9-17)18(23)24/h3-8,11,20,22-24H,9-10H2,1-2H3,(H,19,21). The summed E-state index contributed by atoms with van der Waals surface area (Å²) in [5.74, 6) is 0.959. The van der Waals surface area contributed by atoms with E-state index in [1.165, 1.54) is 0 Å². The van der Waals surface area contributed by atoms with Gasteiger partial charge in [0.15, 0.2) is 0 Å². The Labute approximate surface area is 141 Å². The van der Waals surface area contributed by atoms with Crippen molar-refractivity contribution in [3.05, 3.63) is 47.5 Å². The molecule has 126 valence electrons. The van der Waals surface area contributed by atoms with E-state index in [1.54, 1.807) is 18.2 Å². The maximum atomic E-state index is 10.0. The van der Waals surface area contributed by atoms with Crippen LogP contribution in [-0.4, -0.2) is 40.8 Å². The molecule has 1 aromatic rings. The van der Waals surface area contributed by atoms with Crippen molar-refractivity contribution < 1.29 is 15.2 Å². The molecule has 2 aliphatic rings. The molecule has 0 radical (unpaired) electrons. The Hall–Kier alpha value is -2.25. The molecule has 0 bridgehead atoms. The maximum Gasteiger partial charge on any atom is 0.488 e. The highest BCUT2D eigenvalue weighted by Gasteiger charge is 2.27. The molecule has 7 heteroatoms. The highest BCUT2D eigenvalue weighted by Crippen LogP contribution is 2.32. The minimum absolute atomic E-state index is 0.0321. The van der Waals surface area contributed by atoms with Crippen LogP contribution in [0, 0.1) is 5.41 Å². The number of fused-ring (bicyclic) bond motifs is 1. The molecule has 0 saturated heterocycles. The van der Waals surface area contributed by atoms with E-state index >= 15 is 0 Å². The number of nitrogens with zero attached hydrogens (tertiary/aromatic N) is 1. The van der Waals surface area contributed by atoms with Crippen LogP contribution >= 0.6 is 0 Å². The highest BCUT2D eigenvalue weighted by molar-refractivity contribution is 6.51. The summed E-state index contributed by atoms with van der Waals surface area (Å²) in [4.78, 5) is 4.73.